The molecule has 2 unspecified atom stereocenters. The highest BCUT2D eigenvalue weighted by atomic mass is 16.3. The SMILES string of the molecule is O=c1cc2c(nn1CC1CCN(C3CCCC3O)CC1)CCCC2. The Morgan fingerprint density at radius 2 is 1.88 bits per heavy atom. The van der Waals surface area contributed by atoms with Crippen LogP contribution in [-0.2, 0) is 19.4 Å². The molecule has 24 heavy (non-hydrogen) atoms. The zero-order valence-electron chi connectivity index (χ0n) is 14.5. The smallest absolute Gasteiger partial charge is 0.267 e. The molecule has 5 nitrogen and oxygen atoms in total. The van der Waals surface area contributed by atoms with Crippen LogP contribution in [0.2, 0.25) is 0 Å². The van der Waals surface area contributed by atoms with Gasteiger partial charge < -0.3 is 5.11 Å². The van der Waals surface area contributed by atoms with Crippen molar-refractivity contribution in [3.63, 3.8) is 0 Å². The van der Waals surface area contributed by atoms with Gasteiger partial charge in [0.2, 0.25) is 0 Å². The molecular weight excluding hydrogens is 302 g/mol. The van der Waals surface area contributed by atoms with E-state index in [-0.39, 0.29) is 11.7 Å². The molecule has 1 N–H and O–H groups in total. The van der Waals surface area contributed by atoms with Crippen molar-refractivity contribution in [1.82, 2.24) is 14.7 Å². The Labute approximate surface area is 143 Å². The predicted molar refractivity (Wildman–Crippen MR) is 93.1 cm³/mol. The van der Waals surface area contributed by atoms with Crippen molar-refractivity contribution >= 4 is 0 Å². The molecule has 1 saturated heterocycles. The van der Waals surface area contributed by atoms with Crippen LogP contribution in [0.3, 0.4) is 0 Å². The number of piperidine rings is 1. The summed E-state index contributed by atoms with van der Waals surface area (Å²) in [7, 11) is 0. The zero-order valence-corrected chi connectivity index (χ0v) is 14.5. The fourth-order valence-corrected chi connectivity index (χ4v) is 4.79. The lowest BCUT2D eigenvalue weighted by Gasteiger charge is -2.37. The second-order valence-corrected chi connectivity index (χ2v) is 7.89. The van der Waals surface area contributed by atoms with Gasteiger partial charge in [-0.25, -0.2) is 4.68 Å². The largest absolute Gasteiger partial charge is 0.391 e. The third kappa shape index (κ3) is 3.29. The lowest BCUT2D eigenvalue weighted by Crippen LogP contribution is -2.45. The summed E-state index contributed by atoms with van der Waals surface area (Å²) in [4.78, 5) is 14.8. The van der Waals surface area contributed by atoms with E-state index < -0.39 is 0 Å². The van der Waals surface area contributed by atoms with Gasteiger partial charge in [0.25, 0.3) is 5.56 Å². The number of fused-ring (bicyclic) bond motifs is 1. The third-order valence-electron chi connectivity index (χ3n) is 6.27. The number of rotatable bonds is 3. The second-order valence-electron chi connectivity index (χ2n) is 7.89. The van der Waals surface area contributed by atoms with Crippen molar-refractivity contribution < 1.29 is 5.11 Å². The van der Waals surface area contributed by atoms with E-state index in [1.807, 2.05) is 6.07 Å². The molecule has 132 valence electrons. The molecule has 2 atom stereocenters. The Bertz CT molecular complexity index is 634. The van der Waals surface area contributed by atoms with Crippen LogP contribution in [0.5, 0.6) is 0 Å². The molecule has 1 aromatic heterocycles. The Balaban J connectivity index is 1.38. The van der Waals surface area contributed by atoms with Gasteiger partial charge in [0, 0.05) is 18.7 Å². The highest BCUT2D eigenvalue weighted by Gasteiger charge is 2.33. The van der Waals surface area contributed by atoms with Gasteiger partial charge in [-0.05, 0) is 82.4 Å². The first-order chi connectivity index (χ1) is 11.7. The quantitative estimate of drug-likeness (QED) is 0.917. The first-order valence-electron chi connectivity index (χ1n) is 9.73. The summed E-state index contributed by atoms with van der Waals surface area (Å²) in [6.07, 6.45) is 9.74. The number of aliphatic hydroxyl groups excluding tert-OH is 1. The molecule has 1 aliphatic heterocycles. The Morgan fingerprint density at radius 1 is 1.08 bits per heavy atom. The summed E-state index contributed by atoms with van der Waals surface area (Å²) in [5.41, 5.74) is 2.39. The lowest BCUT2D eigenvalue weighted by molar-refractivity contribution is 0.0455. The topological polar surface area (TPSA) is 58.4 Å². The molecule has 2 aliphatic carbocycles. The standard InChI is InChI=1S/C19H29N3O2/c23-18-7-3-6-17(18)21-10-8-14(9-11-21)13-22-19(24)12-15-4-1-2-5-16(15)20-22/h12,14,17-18,23H,1-11,13H2. The third-order valence-corrected chi connectivity index (χ3v) is 6.27. The number of hydrogen-bond donors (Lipinski definition) is 1. The van der Waals surface area contributed by atoms with Crippen molar-refractivity contribution in [1.29, 1.82) is 0 Å². The van der Waals surface area contributed by atoms with E-state index in [4.69, 9.17) is 0 Å². The molecule has 0 radical (unpaired) electrons. The molecule has 4 rings (SSSR count). The van der Waals surface area contributed by atoms with Crippen LogP contribution in [0.15, 0.2) is 10.9 Å². The van der Waals surface area contributed by atoms with E-state index in [9.17, 15) is 9.90 Å². The van der Waals surface area contributed by atoms with Gasteiger partial charge in [0.1, 0.15) is 0 Å². The van der Waals surface area contributed by atoms with Crippen LogP contribution >= 0.6 is 0 Å². The number of hydrogen-bond acceptors (Lipinski definition) is 4. The predicted octanol–water partition coefficient (Wildman–Crippen LogP) is 1.75. The van der Waals surface area contributed by atoms with Gasteiger partial charge in [-0.3, -0.25) is 9.69 Å². The number of aliphatic hydroxyl groups is 1. The van der Waals surface area contributed by atoms with E-state index in [1.54, 1.807) is 4.68 Å². The number of aromatic nitrogens is 2. The molecule has 0 aromatic carbocycles. The van der Waals surface area contributed by atoms with Crippen molar-refractivity contribution in [2.24, 2.45) is 5.92 Å². The van der Waals surface area contributed by atoms with Gasteiger partial charge in [-0.1, -0.05) is 0 Å². The summed E-state index contributed by atoms with van der Waals surface area (Å²) < 4.78 is 1.72. The first kappa shape index (κ1) is 16.3. The van der Waals surface area contributed by atoms with E-state index in [0.29, 0.717) is 12.0 Å². The van der Waals surface area contributed by atoms with E-state index >= 15 is 0 Å². The minimum atomic E-state index is -0.133. The molecule has 0 spiro atoms. The van der Waals surface area contributed by atoms with Crippen molar-refractivity contribution in [3.8, 4) is 0 Å². The summed E-state index contributed by atoms with van der Waals surface area (Å²) in [5.74, 6) is 0.534. The van der Waals surface area contributed by atoms with E-state index in [1.165, 1.54) is 18.4 Å². The highest BCUT2D eigenvalue weighted by molar-refractivity contribution is 5.20. The maximum absolute atomic E-state index is 12.3. The van der Waals surface area contributed by atoms with Crippen molar-refractivity contribution in [2.75, 3.05) is 13.1 Å². The van der Waals surface area contributed by atoms with Crippen LogP contribution in [0, 0.1) is 5.92 Å². The molecule has 2 fully saturated rings. The second kappa shape index (κ2) is 6.96. The van der Waals surface area contributed by atoms with Crippen molar-refractivity contribution in [3.05, 3.63) is 27.7 Å². The molecular formula is C19H29N3O2. The van der Waals surface area contributed by atoms with Gasteiger partial charge in [0.05, 0.1) is 11.8 Å². The molecule has 0 bridgehead atoms. The van der Waals surface area contributed by atoms with E-state index in [0.717, 1.165) is 70.3 Å². The number of aryl methyl sites for hydroxylation is 2. The molecule has 1 saturated carbocycles. The maximum atomic E-state index is 12.3. The summed E-state index contributed by atoms with van der Waals surface area (Å²) in [6.45, 7) is 2.85. The van der Waals surface area contributed by atoms with Gasteiger partial charge in [-0.2, -0.15) is 5.10 Å². The Morgan fingerprint density at radius 3 is 2.62 bits per heavy atom. The van der Waals surface area contributed by atoms with Crippen LogP contribution in [0.25, 0.3) is 0 Å². The summed E-state index contributed by atoms with van der Waals surface area (Å²) in [5, 5.41) is 14.8. The molecule has 0 amide bonds. The van der Waals surface area contributed by atoms with Gasteiger partial charge in [-0.15, -0.1) is 0 Å². The van der Waals surface area contributed by atoms with Gasteiger partial charge in [0.15, 0.2) is 0 Å². The average molecular weight is 331 g/mol. The molecule has 2 heterocycles. The van der Waals surface area contributed by atoms with Crippen LogP contribution in [0.4, 0.5) is 0 Å². The minimum absolute atomic E-state index is 0.0734. The first-order valence-corrected chi connectivity index (χ1v) is 9.73. The number of nitrogens with zero attached hydrogens (tertiary/aromatic N) is 3. The van der Waals surface area contributed by atoms with Gasteiger partial charge >= 0.3 is 0 Å². The normalized spacial score (nSPS) is 28.9. The fraction of sp³-hybridized carbons (Fsp3) is 0.789. The average Bonchev–Trinajstić information content (AvgIpc) is 3.02. The fourth-order valence-electron chi connectivity index (χ4n) is 4.79. The highest BCUT2D eigenvalue weighted by Crippen LogP contribution is 2.28. The Kier molecular flexibility index (Phi) is 4.72. The summed E-state index contributed by atoms with van der Waals surface area (Å²) >= 11 is 0. The number of likely N-dealkylation sites (tertiary alicyclic amines) is 1. The summed E-state index contributed by atoms with van der Waals surface area (Å²) in [6, 6.07) is 2.20. The molecule has 5 heteroatoms. The van der Waals surface area contributed by atoms with Crippen molar-refractivity contribution in [2.45, 2.75) is 76.5 Å². The monoisotopic (exact) mass is 331 g/mol. The minimum Gasteiger partial charge on any atom is -0.391 e. The van der Waals surface area contributed by atoms with Crippen LogP contribution in [-0.4, -0.2) is 45.0 Å². The maximum Gasteiger partial charge on any atom is 0.267 e. The van der Waals surface area contributed by atoms with Crippen LogP contribution < -0.4 is 5.56 Å². The molecule has 3 aliphatic rings. The van der Waals surface area contributed by atoms with Crippen LogP contribution in [0.1, 0.15) is 56.2 Å². The molecule has 1 aromatic rings. The lowest BCUT2D eigenvalue weighted by atomic mass is 9.94. The Hall–Kier alpha value is -1.20. The van der Waals surface area contributed by atoms with E-state index in [2.05, 4.69) is 10.00 Å². The zero-order chi connectivity index (χ0) is 16.5.